The number of ether oxygens (including phenoxy) is 1. The van der Waals surface area contributed by atoms with E-state index in [0.29, 0.717) is 17.0 Å². The minimum absolute atomic E-state index is 0.278. The lowest BCUT2D eigenvalue weighted by atomic mass is 9.78. The van der Waals surface area contributed by atoms with Gasteiger partial charge in [-0.15, -0.1) is 0 Å². The Morgan fingerprint density at radius 1 is 1.32 bits per heavy atom. The first kappa shape index (κ1) is 14.8. The quantitative estimate of drug-likeness (QED) is 0.898. The summed E-state index contributed by atoms with van der Waals surface area (Å²) in [4.78, 5) is 0. The summed E-state index contributed by atoms with van der Waals surface area (Å²) in [5, 5.41) is 11.4. The van der Waals surface area contributed by atoms with E-state index in [9.17, 15) is 9.50 Å². The van der Waals surface area contributed by atoms with Crippen LogP contribution in [0.3, 0.4) is 0 Å². The Balaban J connectivity index is 2.34. The maximum absolute atomic E-state index is 13.3. The predicted octanol–water partition coefficient (Wildman–Crippen LogP) is 3.73. The molecule has 2 nitrogen and oxygen atoms in total. The van der Waals surface area contributed by atoms with Crippen molar-refractivity contribution in [2.24, 2.45) is 0 Å². The van der Waals surface area contributed by atoms with Gasteiger partial charge in [-0.3, -0.25) is 0 Å². The summed E-state index contributed by atoms with van der Waals surface area (Å²) in [6, 6.07) is 4.21. The minimum atomic E-state index is -1.06. The van der Waals surface area contributed by atoms with Crippen LogP contribution in [-0.2, 0) is 11.2 Å². The molecule has 0 spiro atoms. The molecule has 0 aliphatic carbocycles. The molecular weight excluding hydrogens is 267 g/mol. The van der Waals surface area contributed by atoms with Crippen molar-refractivity contribution in [3.8, 4) is 0 Å². The van der Waals surface area contributed by atoms with Crippen molar-refractivity contribution >= 4 is 11.6 Å². The number of hydrogen-bond acceptors (Lipinski definition) is 2. The van der Waals surface area contributed by atoms with Gasteiger partial charge in [0.25, 0.3) is 0 Å². The van der Waals surface area contributed by atoms with E-state index in [2.05, 4.69) is 0 Å². The zero-order valence-electron chi connectivity index (χ0n) is 11.8. The molecule has 1 atom stereocenters. The first-order valence-corrected chi connectivity index (χ1v) is 6.79. The van der Waals surface area contributed by atoms with E-state index in [4.69, 9.17) is 16.3 Å². The van der Waals surface area contributed by atoms with Crippen molar-refractivity contribution in [3.63, 3.8) is 0 Å². The van der Waals surface area contributed by atoms with E-state index in [1.807, 2.05) is 27.7 Å². The number of benzene rings is 1. The molecule has 1 aliphatic heterocycles. The van der Waals surface area contributed by atoms with Gasteiger partial charge in [-0.2, -0.15) is 0 Å². The van der Waals surface area contributed by atoms with Crippen molar-refractivity contribution in [3.05, 3.63) is 34.6 Å². The fourth-order valence-electron chi connectivity index (χ4n) is 3.01. The third-order valence-electron chi connectivity index (χ3n) is 3.86. The highest BCUT2D eigenvalue weighted by Gasteiger charge is 2.56. The molecule has 2 rings (SSSR count). The fourth-order valence-corrected chi connectivity index (χ4v) is 3.19. The predicted molar refractivity (Wildman–Crippen MR) is 73.9 cm³/mol. The van der Waals surface area contributed by atoms with Crippen molar-refractivity contribution in [2.45, 2.75) is 57.3 Å². The Hall–Kier alpha value is -0.640. The number of rotatable bonds is 2. The van der Waals surface area contributed by atoms with Gasteiger partial charge in [0.2, 0.25) is 0 Å². The van der Waals surface area contributed by atoms with Crippen LogP contribution < -0.4 is 0 Å². The van der Waals surface area contributed by atoms with Crippen LogP contribution in [0.15, 0.2) is 18.2 Å². The topological polar surface area (TPSA) is 29.5 Å². The second-order valence-electron chi connectivity index (χ2n) is 6.49. The van der Waals surface area contributed by atoms with Crippen molar-refractivity contribution in [1.29, 1.82) is 0 Å². The summed E-state index contributed by atoms with van der Waals surface area (Å²) in [7, 11) is 0. The highest BCUT2D eigenvalue weighted by Crippen LogP contribution is 2.47. The van der Waals surface area contributed by atoms with Gasteiger partial charge in [-0.1, -0.05) is 11.6 Å². The van der Waals surface area contributed by atoms with E-state index >= 15 is 0 Å². The Labute approximate surface area is 118 Å². The molecule has 0 amide bonds. The average molecular weight is 287 g/mol. The van der Waals surface area contributed by atoms with Crippen LogP contribution in [0.2, 0.25) is 5.02 Å². The van der Waals surface area contributed by atoms with Gasteiger partial charge >= 0.3 is 0 Å². The van der Waals surface area contributed by atoms with Crippen molar-refractivity contribution in [1.82, 2.24) is 0 Å². The van der Waals surface area contributed by atoms with E-state index in [1.54, 1.807) is 0 Å². The van der Waals surface area contributed by atoms with Crippen LogP contribution in [0.4, 0.5) is 4.39 Å². The lowest BCUT2D eigenvalue weighted by Crippen LogP contribution is -2.48. The van der Waals surface area contributed by atoms with Crippen LogP contribution in [0.5, 0.6) is 0 Å². The SMILES string of the molecule is CC1(C)CC(O)(Cc2cc(F)ccc2Cl)C(C)(C)O1. The summed E-state index contributed by atoms with van der Waals surface area (Å²) in [6.07, 6.45) is 0.764. The largest absolute Gasteiger partial charge is 0.386 e. The highest BCUT2D eigenvalue weighted by atomic mass is 35.5. The first-order valence-electron chi connectivity index (χ1n) is 6.41. The van der Waals surface area contributed by atoms with Gasteiger partial charge in [0.05, 0.1) is 16.8 Å². The molecule has 1 heterocycles. The summed E-state index contributed by atoms with van der Waals surface area (Å²) >= 11 is 6.08. The summed E-state index contributed by atoms with van der Waals surface area (Å²) in [5.74, 6) is -0.348. The van der Waals surface area contributed by atoms with Crippen molar-refractivity contribution in [2.75, 3.05) is 0 Å². The fraction of sp³-hybridized carbons (Fsp3) is 0.600. The zero-order chi connectivity index (χ0) is 14.5. The van der Waals surface area contributed by atoms with Crippen LogP contribution in [0.1, 0.15) is 39.7 Å². The van der Waals surface area contributed by atoms with Crippen LogP contribution in [-0.4, -0.2) is 21.9 Å². The smallest absolute Gasteiger partial charge is 0.123 e. The Morgan fingerprint density at radius 3 is 2.47 bits per heavy atom. The summed E-state index contributed by atoms with van der Waals surface area (Å²) in [6.45, 7) is 7.60. The molecule has 1 aliphatic rings. The molecular formula is C15H20ClFO2. The van der Waals surface area contributed by atoms with E-state index in [1.165, 1.54) is 18.2 Å². The molecule has 1 aromatic carbocycles. The average Bonchev–Trinajstić information content (AvgIpc) is 2.36. The van der Waals surface area contributed by atoms with E-state index < -0.39 is 16.8 Å². The zero-order valence-corrected chi connectivity index (χ0v) is 12.5. The molecule has 1 fully saturated rings. The monoisotopic (exact) mass is 286 g/mol. The molecule has 0 aromatic heterocycles. The van der Waals surface area contributed by atoms with Gasteiger partial charge < -0.3 is 9.84 Å². The highest BCUT2D eigenvalue weighted by molar-refractivity contribution is 6.31. The lowest BCUT2D eigenvalue weighted by molar-refractivity contribution is -0.125. The van der Waals surface area contributed by atoms with E-state index in [0.717, 1.165) is 0 Å². The molecule has 0 saturated carbocycles. The van der Waals surface area contributed by atoms with Gasteiger partial charge in [0.1, 0.15) is 5.82 Å². The molecule has 0 radical (unpaired) electrons. The van der Waals surface area contributed by atoms with E-state index in [-0.39, 0.29) is 12.2 Å². The van der Waals surface area contributed by atoms with Gasteiger partial charge in [-0.05, 0) is 51.5 Å². The second-order valence-corrected chi connectivity index (χ2v) is 6.90. The second kappa shape index (κ2) is 4.44. The molecule has 0 bridgehead atoms. The molecule has 106 valence electrons. The Kier molecular flexibility index (Phi) is 3.45. The lowest BCUT2D eigenvalue weighted by Gasteiger charge is -2.35. The number of halogens is 2. The number of aliphatic hydroxyl groups is 1. The first-order chi connectivity index (χ1) is 8.55. The van der Waals surface area contributed by atoms with Gasteiger partial charge in [0, 0.05) is 17.9 Å². The molecule has 1 unspecified atom stereocenters. The van der Waals surface area contributed by atoms with Crippen molar-refractivity contribution < 1.29 is 14.2 Å². The van der Waals surface area contributed by atoms with Gasteiger partial charge in [-0.25, -0.2) is 4.39 Å². The Morgan fingerprint density at radius 2 is 1.95 bits per heavy atom. The van der Waals surface area contributed by atoms with Crippen LogP contribution in [0, 0.1) is 5.82 Å². The standard InChI is InChI=1S/C15H20ClFO2/c1-13(2)9-15(18,14(3,4)19-13)8-10-7-11(17)5-6-12(10)16/h5-7,18H,8-9H2,1-4H3. The van der Waals surface area contributed by atoms with Gasteiger partial charge in [0.15, 0.2) is 0 Å². The summed E-state index contributed by atoms with van der Waals surface area (Å²) < 4.78 is 19.2. The molecule has 4 heteroatoms. The third kappa shape index (κ3) is 2.78. The van der Waals surface area contributed by atoms with Crippen LogP contribution >= 0.6 is 11.6 Å². The summed E-state index contributed by atoms with van der Waals surface area (Å²) in [5.41, 5.74) is -1.56. The third-order valence-corrected chi connectivity index (χ3v) is 4.23. The molecule has 1 aromatic rings. The number of hydrogen-bond donors (Lipinski definition) is 1. The molecule has 19 heavy (non-hydrogen) atoms. The maximum atomic E-state index is 13.3. The minimum Gasteiger partial charge on any atom is -0.386 e. The molecule has 1 saturated heterocycles. The Bertz CT molecular complexity index is 499. The normalized spacial score (nSPS) is 28.6. The van der Waals surface area contributed by atoms with Crippen LogP contribution in [0.25, 0.3) is 0 Å². The maximum Gasteiger partial charge on any atom is 0.123 e. The molecule has 1 N–H and O–H groups in total.